The zero-order valence-corrected chi connectivity index (χ0v) is 12.4. The van der Waals surface area contributed by atoms with Gasteiger partial charge in [-0.05, 0) is 31.6 Å². The molecule has 2 fully saturated rings. The van der Waals surface area contributed by atoms with Gasteiger partial charge in [-0.1, -0.05) is 0 Å². The molecular weight excluding hydrogens is 268 g/mol. The Hall–Kier alpha value is -0.360. The smallest absolute Gasteiger partial charge is 0.251 e. The first-order valence-electron chi connectivity index (χ1n) is 6.87. The van der Waals surface area contributed by atoms with Gasteiger partial charge in [0.05, 0.1) is 6.10 Å². The molecule has 112 valence electrons. The molecule has 2 atom stereocenters. The van der Waals surface area contributed by atoms with Gasteiger partial charge in [-0.2, -0.15) is 0 Å². The van der Waals surface area contributed by atoms with E-state index in [-0.39, 0.29) is 30.5 Å². The highest BCUT2D eigenvalue weighted by Crippen LogP contribution is 2.24. The lowest BCUT2D eigenvalue weighted by atomic mass is 9.97. The van der Waals surface area contributed by atoms with Gasteiger partial charge in [-0.15, -0.1) is 12.4 Å². The molecule has 0 radical (unpaired) electrons. The van der Waals surface area contributed by atoms with E-state index >= 15 is 0 Å². The Kier molecular flexibility index (Phi) is 7.07. The Morgan fingerprint density at radius 1 is 1.32 bits per heavy atom. The molecule has 6 heteroatoms. The molecule has 2 heterocycles. The lowest BCUT2D eigenvalue weighted by Crippen LogP contribution is -2.44. The highest BCUT2D eigenvalue weighted by Gasteiger charge is 2.34. The van der Waals surface area contributed by atoms with Crippen molar-refractivity contribution < 1.29 is 14.3 Å². The molecule has 2 aliphatic heterocycles. The monoisotopic (exact) mass is 292 g/mol. The minimum Gasteiger partial charge on any atom is -0.384 e. The van der Waals surface area contributed by atoms with Crippen molar-refractivity contribution in [3.63, 3.8) is 0 Å². The van der Waals surface area contributed by atoms with Crippen molar-refractivity contribution in [2.45, 2.75) is 37.9 Å². The molecule has 0 spiro atoms. The molecule has 5 nitrogen and oxygen atoms in total. The van der Waals surface area contributed by atoms with Crippen LogP contribution in [0.4, 0.5) is 0 Å². The molecule has 0 aromatic rings. The number of rotatable bonds is 4. The van der Waals surface area contributed by atoms with E-state index in [2.05, 4.69) is 0 Å². The summed E-state index contributed by atoms with van der Waals surface area (Å²) in [6.45, 7) is 2.98. The van der Waals surface area contributed by atoms with Gasteiger partial charge >= 0.3 is 0 Å². The number of carbonyl (C=O) groups excluding carboxylic acids is 1. The summed E-state index contributed by atoms with van der Waals surface area (Å²) >= 11 is 0. The van der Waals surface area contributed by atoms with E-state index < -0.39 is 0 Å². The van der Waals surface area contributed by atoms with Gasteiger partial charge in [0.1, 0.15) is 6.10 Å². The first kappa shape index (κ1) is 16.7. The van der Waals surface area contributed by atoms with Gasteiger partial charge in [-0.25, -0.2) is 0 Å². The van der Waals surface area contributed by atoms with Crippen molar-refractivity contribution in [3.05, 3.63) is 0 Å². The fraction of sp³-hybridized carbons (Fsp3) is 0.923. The van der Waals surface area contributed by atoms with Gasteiger partial charge < -0.3 is 20.1 Å². The minimum absolute atomic E-state index is 0. The maximum absolute atomic E-state index is 12.3. The van der Waals surface area contributed by atoms with E-state index in [9.17, 15) is 4.79 Å². The van der Waals surface area contributed by atoms with Gasteiger partial charge in [0.15, 0.2) is 0 Å². The number of piperidine rings is 1. The number of nitrogens with zero attached hydrogens (tertiary/aromatic N) is 1. The van der Waals surface area contributed by atoms with E-state index in [0.717, 1.165) is 45.4 Å². The molecule has 0 unspecified atom stereocenters. The van der Waals surface area contributed by atoms with Crippen LogP contribution in [0.1, 0.15) is 25.7 Å². The standard InChI is InChI=1S/C13H24N2O3.ClH/c1-17-9-10-4-6-15(7-5-10)13(16)12-3-2-11(8-14)18-12;/h10-12H,2-9,14H2,1H3;1H/t11-,12+;/m1./s1. The van der Waals surface area contributed by atoms with Crippen LogP contribution < -0.4 is 5.73 Å². The number of ether oxygens (including phenoxy) is 2. The molecule has 0 aromatic carbocycles. The Labute approximate surface area is 121 Å². The fourth-order valence-corrected chi connectivity index (χ4v) is 2.82. The second kappa shape index (κ2) is 8.04. The van der Waals surface area contributed by atoms with Crippen LogP contribution in [0.25, 0.3) is 0 Å². The summed E-state index contributed by atoms with van der Waals surface area (Å²) in [5.41, 5.74) is 5.56. The van der Waals surface area contributed by atoms with Gasteiger partial charge in [0, 0.05) is 33.4 Å². The molecular formula is C13H25ClN2O3. The Morgan fingerprint density at radius 3 is 2.53 bits per heavy atom. The average molecular weight is 293 g/mol. The van der Waals surface area contributed by atoms with Crippen LogP contribution in [0.5, 0.6) is 0 Å². The number of halogens is 1. The SMILES string of the molecule is COCC1CCN(C(=O)[C@@H]2CC[C@H](CN)O2)CC1.Cl. The van der Waals surface area contributed by atoms with E-state index in [0.29, 0.717) is 12.5 Å². The number of methoxy groups -OCH3 is 1. The lowest BCUT2D eigenvalue weighted by molar-refractivity contribution is -0.144. The van der Waals surface area contributed by atoms with Crippen LogP contribution in [0.15, 0.2) is 0 Å². The zero-order valence-electron chi connectivity index (χ0n) is 11.5. The number of likely N-dealkylation sites (tertiary alicyclic amines) is 1. The predicted octanol–water partition coefficient (Wildman–Crippen LogP) is 0.799. The van der Waals surface area contributed by atoms with Crippen molar-refractivity contribution in [1.82, 2.24) is 4.90 Å². The predicted molar refractivity (Wildman–Crippen MR) is 75.4 cm³/mol. The van der Waals surface area contributed by atoms with Crippen LogP contribution in [0, 0.1) is 5.92 Å². The summed E-state index contributed by atoms with van der Waals surface area (Å²) in [6.07, 6.45) is 3.62. The Morgan fingerprint density at radius 2 is 2.00 bits per heavy atom. The maximum atomic E-state index is 12.3. The molecule has 0 aliphatic carbocycles. The molecule has 2 aliphatic rings. The van der Waals surface area contributed by atoms with E-state index in [4.69, 9.17) is 15.2 Å². The van der Waals surface area contributed by atoms with Gasteiger partial charge in [0.25, 0.3) is 5.91 Å². The molecule has 0 bridgehead atoms. The van der Waals surface area contributed by atoms with Crippen molar-refractivity contribution in [2.75, 3.05) is 33.4 Å². The normalized spacial score (nSPS) is 28.2. The summed E-state index contributed by atoms with van der Waals surface area (Å²) in [5, 5.41) is 0. The van der Waals surface area contributed by atoms with Crippen molar-refractivity contribution in [2.24, 2.45) is 11.7 Å². The van der Waals surface area contributed by atoms with Crippen molar-refractivity contribution in [3.8, 4) is 0 Å². The van der Waals surface area contributed by atoms with E-state index in [1.807, 2.05) is 4.90 Å². The molecule has 0 saturated carbocycles. The van der Waals surface area contributed by atoms with Crippen LogP contribution in [0.3, 0.4) is 0 Å². The third kappa shape index (κ3) is 4.31. The highest BCUT2D eigenvalue weighted by molar-refractivity contribution is 5.85. The quantitative estimate of drug-likeness (QED) is 0.832. The summed E-state index contributed by atoms with van der Waals surface area (Å²) in [4.78, 5) is 14.2. The van der Waals surface area contributed by atoms with Gasteiger partial charge in [0.2, 0.25) is 0 Å². The average Bonchev–Trinajstić information content (AvgIpc) is 2.88. The van der Waals surface area contributed by atoms with Crippen LogP contribution >= 0.6 is 12.4 Å². The van der Waals surface area contributed by atoms with Crippen molar-refractivity contribution in [1.29, 1.82) is 0 Å². The number of nitrogens with two attached hydrogens (primary N) is 1. The molecule has 2 N–H and O–H groups in total. The molecule has 2 saturated heterocycles. The molecule has 0 aromatic heterocycles. The van der Waals surface area contributed by atoms with Crippen LogP contribution in [0.2, 0.25) is 0 Å². The Bertz CT molecular complexity index is 283. The molecule has 19 heavy (non-hydrogen) atoms. The first-order chi connectivity index (χ1) is 8.74. The molecule has 2 rings (SSSR count). The second-order valence-electron chi connectivity index (χ2n) is 5.28. The fourth-order valence-electron chi connectivity index (χ4n) is 2.82. The highest BCUT2D eigenvalue weighted by atomic mass is 35.5. The third-order valence-corrected chi connectivity index (χ3v) is 3.97. The number of hydrogen-bond acceptors (Lipinski definition) is 4. The van der Waals surface area contributed by atoms with Crippen molar-refractivity contribution >= 4 is 18.3 Å². The van der Waals surface area contributed by atoms with Crippen LogP contribution in [-0.2, 0) is 14.3 Å². The zero-order chi connectivity index (χ0) is 13.0. The topological polar surface area (TPSA) is 64.8 Å². The van der Waals surface area contributed by atoms with Crippen LogP contribution in [-0.4, -0.2) is 56.4 Å². The summed E-state index contributed by atoms with van der Waals surface area (Å²) in [5.74, 6) is 0.752. The molecule has 1 amide bonds. The summed E-state index contributed by atoms with van der Waals surface area (Å²) in [6, 6.07) is 0. The first-order valence-corrected chi connectivity index (χ1v) is 6.87. The van der Waals surface area contributed by atoms with E-state index in [1.165, 1.54) is 0 Å². The third-order valence-electron chi connectivity index (χ3n) is 3.97. The number of carbonyl (C=O) groups is 1. The number of hydrogen-bond donors (Lipinski definition) is 1. The second-order valence-corrected chi connectivity index (χ2v) is 5.28. The maximum Gasteiger partial charge on any atom is 0.251 e. The van der Waals surface area contributed by atoms with E-state index in [1.54, 1.807) is 7.11 Å². The minimum atomic E-state index is -0.252. The number of amides is 1. The largest absolute Gasteiger partial charge is 0.384 e. The van der Waals surface area contributed by atoms with Gasteiger partial charge in [-0.3, -0.25) is 4.79 Å². The Balaban J connectivity index is 0.00000180. The lowest BCUT2D eigenvalue weighted by Gasteiger charge is -2.33. The summed E-state index contributed by atoms with van der Waals surface area (Å²) in [7, 11) is 1.73. The summed E-state index contributed by atoms with van der Waals surface area (Å²) < 4.78 is 10.8.